The first kappa shape index (κ1) is 20.2. The lowest BCUT2D eigenvalue weighted by Crippen LogP contribution is -2.25. The summed E-state index contributed by atoms with van der Waals surface area (Å²) in [6.45, 7) is 4.08. The molecule has 1 aromatic carbocycles. The van der Waals surface area contributed by atoms with Crippen LogP contribution in [0.5, 0.6) is 5.75 Å². The van der Waals surface area contributed by atoms with Crippen LogP contribution in [0.4, 0.5) is 0 Å². The van der Waals surface area contributed by atoms with Gasteiger partial charge in [-0.05, 0) is 50.5 Å². The lowest BCUT2D eigenvalue weighted by atomic mass is 10.1. The second kappa shape index (κ2) is 8.73. The number of hydrogen-bond acceptors (Lipinski definition) is 4. The molecule has 0 saturated heterocycles. The standard InChI is InChI=1S/C24H22ClN3O2/c1-16-11-22(30-15-23-26-13-21(25)14-27-23)12-24(29)28(16)17(2)20-9-7-19(8-10-20)6-5-18-3-4-18/h7-14,17-18H,3-4,15H2,1-2H3/t17-/m1/s1. The highest BCUT2D eigenvalue weighted by molar-refractivity contribution is 6.30. The smallest absolute Gasteiger partial charge is 0.254 e. The molecule has 1 aliphatic carbocycles. The largest absolute Gasteiger partial charge is 0.485 e. The van der Waals surface area contributed by atoms with E-state index in [1.54, 1.807) is 4.57 Å². The van der Waals surface area contributed by atoms with Crippen molar-refractivity contribution in [3.05, 3.63) is 86.8 Å². The molecule has 0 radical (unpaired) electrons. The average molecular weight is 420 g/mol. The van der Waals surface area contributed by atoms with E-state index in [9.17, 15) is 4.79 Å². The molecule has 0 N–H and O–H groups in total. The minimum atomic E-state index is -0.118. The molecule has 1 saturated carbocycles. The Morgan fingerprint density at radius 1 is 1.20 bits per heavy atom. The quantitative estimate of drug-likeness (QED) is 0.569. The van der Waals surface area contributed by atoms with Gasteiger partial charge in [0, 0.05) is 35.6 Å². The number of aryl methyl sites for hydroxylation is 1. The maximum Gasteiger partial charge on any atom is 0.254 e. The van der Waals surface area contributed by atoms with E-state index in [2.05, 4.69) is 21.8 Å². The Labute approximate surface area is 180 Å². The SMILES string of the molecule is Cc1cc(OCc2ncc(Cl)cn2)cc(=O)n1[C@H](C)c1ccc(C#CC2CC2)cc1. The van der Waals surface area contributed by atoms with E-state index in [-0.39, 0.29) is 18.2 Å². The van der Waals surface area contributed by atoms with Crippen LogP contribution in [0.25, 0.3) is 0 Å². The number of nitrogens with zero attached hydrogens (tertiary/aromatic N) is 3. The van der Waals surface area contributed by atoms with Gasteiger partial charge in [0.15, 0.2) is 5.82 Å². The van der Waals surface area contributed by atoms with Crippen LogP contribution in [0.3, 0.4) is 0 Å². The summed E-state index contributed by atoms with van der Waals surface area (Å²) in [5, 5.41) is 0.467. The molecule has 0 aliphatic heterocycles. The van der Waals surface area contributed by atoms with Gasteiger partial charge in [-0.2, -0.15) is 0 Å². The molecule has 2 aromatic heterocycles. The summed E-state index contributed by atoms with van der Waals surface area (Å²) < 4.78 is 7.46. The topological polar surface area (TPSA) is 57.0 Å². The van der Waals surface area contributed by atoms with Gasteiger partial charge in [0.05, 0.1) is 11.1 Å². The fraction of sp³-hybridized carbons (Fsp3) is 0.292. The van der Waals surface area contributed by atoms with Gasteiger partial charge in [0.1, 0.15) is 12.4 Å². The summed E-state index contributed by atoms with van der Waals surface area (Å²) in [7, 11) is 0. The van der Waals surface area contributed by atoms with Gasteiger partial charge in [0.2, 0.25) is 0 Å². The summed E-state index contributed by atoms with van der Waals surface area (Å²) in [6, 6.07) is 11.4. The Morgan fingerprint density at radius 2 is 1.90 bits per heavy atom. The van der Waals surface area contributed by atoms with Gasteiger partial charge in [-0.15, -0.1) is 0 Å². The van der Waals surface area contributed by atoms with Crippen LogP contribution in [0, 0.1) is 24.7 Å². The molecule has 0 bridgehead atoms. The Balaban J connectivity index is 1.48. The molecule has 0 spiro atoms. The number of benzene rings is 1. The number of aromatic nitrogens is 3. The number of rotatable bonds is 5. The van der Waals surface area contributed by atoms with Crippen LogP contribution < -0.4 is 10.3 Å². The minimum absolute atomic E-state index is 0.100. The number of hydrogen-bond donors (Lipinski definition) is 0. The first-order chi connectivity index (χ1) is 14.5. The van der Waals surface area contributed by atoms with Crippen LogP contribution in [0.2, 0.25) is 5.02 Å². The maximum absolute atomic E-state index is 12.8. The zero-order valence-corrected chi connectivity index (χ0v) is 17.7. The predicted molar refractivity (Wildman–Crippen MR) is 117 cm³/mol. The minimum Gasteiger partial charge on any atom is -0.485 e. The van der Waals surface area contributed by atoms with E-state index in [0.717, 1.165) is 16.8 Å². The highest BCUT2D eigenvalue weighted by Crippen LogP contribution is 2.27. The van der Waals surface area contributed by atoms with E-state index < -0.39 is 0 Å². The lowest BCUT2D eigenvalue weighted by Gasteiger charge is -2.19. The Bertz CT molecular complexity index is 1150. The molecule has 4 rings (SSSR count). The van der Waals surface area contributed by atoms with Crippen molar-refractivity contribution in [1.82, 2.24) is 14.5 Å². The highest BCUT2D eigenvalue weighted by atomic mass is 35.5. The number of ether oxygens (including phenoxy) is 1. The molecule has 0 unspecified atom stereocenters. The summed E-state index contributed by atoms with van der Waals surface area (Å²) >= 11 is 5.79. The molecule has 3 aromatic rings. The van der Waals surface area contributed by atoms with E-state index in [4.69, 9.17) is 16.3 Å². The number of halogens is 1. The fourth-order valence-electron chi connectivity index (χ4n) is 3.23. The molecule has 2 heterocycles. The fourth-order valence-corrected chi connectivity index (χ4v) is 3.33. The molecule has 152 valence electrons. The van der Waals surface area contributed by atoms with E-state index in [1.165, 1.54) is 31.3 Å². The lowest BCUT2D eigenvalue weighted by molar-refractivity contribution is 0.294. The third-order valence-electron chi connectivity index (χ3n) is 5.05. The second-order valence-corrected chi connectivity index (χ2v) is 7.92. The van der Waals surface area contributed by atoms with Crippen molar-refractivity contribution in [2.45, 2.75) is 39.3 Å². The van der Waals surface area contributed by atoms with Gasteiger partial charge in [-0.25, -0.2) is 9.97 Å². The van der Waals surface area contributed by atoms with Gasteiger partial charge in [-0.3, -0.25) is 4.79 Å². The Kier molecular flexibility index (Phi) is 5.87. The first-order valence-corrected chi connectivity index (χ1v) is 10.3. The predicted octanol–water partition coefficient (Wildman–Crippen LogP) is 4.55. The molecule has 30 heavy (non-hydrogen) atoms. The molecule has 1 atom stereocenters. The molecule has 0 amide bonds. The van der Waals surface area contributed by atoms with Crippen molar-refractivity contribution in [3.8, 4) is 17.6 Å². The van der Waals surface area contributed by atoms with E-state index in [0.29, 0.717) is 22.5 Å². The Morgan fingerprint density at radius 3 is 2.53 bits per heavy atom. The molecular weight excluding hydrogens is 398 g/mol. The summed E-state index contributed by atoms with van der Waals surface area (Å²) in [4.78, 5) is 21.0. The van der Waals surface area contributed by atoms with Crippen molar-refractivity contribution in [1.29, 1.82) is 0 Å². The molecule has 5 nitrogen and oxygen atoms in total. The van der Waals surface area contributed by atoms with Crippen LogP contribution in [-0.2, 0) is 6.61 Å². The molecule has 1 aliphatic rings. The zero-order chi connectivity index (χ0) is 21.1. The molecule has 6 heteroatoms. The van der Waals surface area contributed by atoms with Crippen molar-refractivity contribution >= 4 is 11.6 Å². The summed E-state index contributed by atoms with van der Waals surface area (Å²) in [6.07, 6.45) is 5.47. The zero-order valence-electron chi connectivity index (χ0n) is 16.9. The molecule has 1 fully saturated rings. The van der Waals surface area contributed by atoms with Crippen LogP contribution in [0.1, 0.15) is 48.5 Å². The third kappa shape index (κ3) is 4.90. The van der Waals surface area contributed by atoms with Gasteiger partial charge < -0.3 is 9.30 Å². The van der Waals surface area contributed by atoms with E-state index >= 15 is 0 Å². The van der Waals surface area contributed by atoms with Crippen LogP contribution >= 0.6 is 11.6 Å². The maximum atomic E-state index is 12.8. The Hall–Kier alpha value is -3.10. The van der Waals surface area contributed by atoms with Gasteiger partial charge in [0.25, 0.3) is 5.56 Å². The average Bonchev–Trinajstić information content (AvgIpc) is 3.56. The van der Waals surface area contributed by atoms with Gasteiger partial charge >= 0.3 is 0 Å². The summed E-state index contributed by atoms with van der Waals surface area (Å²) in [5.74, 6) is 8.06. The van der Waals surface area contributed by atoms with Crippen LogP contribution in [-0.4, -0.2) is 14.5 Å². The number of pyridine rings is 1. The second-order valence-electron chi connectivity index (χ2n) is 7.49. The molecular formula is C24H22ClN3O2. The van der Waals surface area contributed by atoms with E-state index in [1.807, 2.05) is 44.2 Å². The third-order valence-corrected chi connectivity index (χ3v) is 5.25. The van der Waals surface area contributed by atoms with Crippen molar-refractivity contribution in [2.24, 2.45) is 5.92 Å². The monoisotopic (exact) mass is 419 g/mol. The van der Waals surface area contributed by atoms with Gasteiger partial charge in [-0.1, -0.05) is 35.6 Å². The van der Waals surface area contributed by atoms with Crippen molar-refractivity contribution < 1.29 is 4.74 Å². The normalized spacial score (nSPS) is 14.0. The summed E-state index contributed by atoms with van der Waals surface area (Å²) in [5.41, 5.74) is 2.77. The van der Waals surface area contributed by atoms with Crippen molar-refractivity contribution in [2.75, 3.05) is 0 Å². The highest BCUT2D eigenvalue weighted by Gasteiger charge is 2.18. The van der Waals surface area contributed by atoms with Crippen molar-refractivity contribution in [3.63, 3.8) is 0 Å². The van der Waals surface area contributed by atoms with Crippen LogP contribution in [0.15, 0.2) is 53.6 Å². The first-order valence-electron chi connectivity index (χ1n) is 9.93.